The first-order valence-electron chi connectivity index (χ1n) is 8.38. The van der Waals surface area contributed by atoms with Crippen molar-refractivity contribution >= 4 is 14.1 Å². The van der Waals surface area contributed by atoms with E-state index in [0.29, 0.717) is 5.92 Å². The van der Waals surface area contributed by atoms with Gasteiger partial charge in [-0.15, -0.1) is 0 Å². The summed E-state index contributed by atoms with van der Waals surface area (Å²) in [5.41, 5.74) is 0. The molecule has 0 aromatic carbocycles. The van der Waals surface area contributed by atoms with Gasteiger partial charge in [0.25, 0.3) is 0 Å². The van der Waals surface area contributed by atoms with Crippen LogP contribution in [0.3, 0.4) is 0 Å². The van der Waals surface area contributed by atoms with Crippen molar-refractivity contribution in [1.29, 1.82) is 0 Å². The van der Waals surface area contributed by atoms with Gasteiger partial charge >= 0.3 is 5.97 Å². The minimum Gasteiger partial charge on any atom is -0.445 e. The average molecular weight is 292 g/mol. The largest absolute Gasteiger partial charge is 0.445 e. The molecule has 0 aromatic rings. The second-order valence-corrected chi connectivity index (χ2v) is 9.54. The van der Waals surface area contributed by atoms with Gasteiger partial charge in [0.2, 0.25) is 0 Å². The van der Waals surface area contributed by atoms with Crippen LogP contribution in [0.15, 0.2) is 12.2 Å². The quantitative estimate of drug-likeness (QED) is 0.444. The number of rotatable bonds is 4. The average Bonchev–Trinajstić information content (AvgIpc) is 3.21. The molecule has 4 rings (SSSR count). The van der Waals surface area contributed by atoms with Crippen LogP contribution in [0.1, 0.15) is 33.1 Å². The standard InChI is InChI=1S/C17H25O2P/c1-3-20(4-2)19-17(18)14-9-12-8-13(14)16-11-6-5-10(7-11)15(12)16/h5-6,10-16H,3-4,7-9H2,1-2H3. The fourth-order valence-corrected chi connectivity index (χ4v) is 6.93. The summed E-state index contributed by atoms with van der Waals surface area (Å²) in [7, 11) is -0.504. The molecule has 0 radical (unpaired) electrons. The zero-order chi connectivity index (χ0) is 13.9. The van der Waals surface area contributed by atoms with Crippen molar-refractivity contribution in [2.45, 2.75) is 33.1 Å². The molecular formula is C17H25O2P. The predicted octanol–water partition coefficient (Wildman–Crippen LogP) is 4.06. The molecule has 4 bridgehead atoms. The summed E-state index contributed by atoms with van der Waals surface area (Å²) in [6.07, 6.45) is 10.7. The molecule has 3 fully saturated rings. The highest BCUT2D eigenvalue weighted by atomic mass is 31.1. The van der Waals surface area contributed by atoms with E-state index in [-0.39, 0.29) is 11.9 Å². The molecule has 7 unspecified atom stereocenters. The van der Waals surface area contributed by atoms with Crippen molar-refractivity contribution < 1.29 is 9.32 Å². The molecule has 20 heavy (non-hydrogen) atoms. The van der Waals surface area contributed by atoms with Crippen LogP contribution in [0.5, 0.6) is 0 Å². The van der Waals surface area contributed by atoms with Crippen LogP contribution in [-0.4, -0.2) is 18.3 Å². The molecule has 3 heteroatoms. The number of fused-ring (bicyclic) bond motifs is 9. The highest BCUT2D eigenvalue weighted by Gasteiger charge is 2.62. The monoisotopic (exact) mass is 292 g/mol. The second kappa shape index (κ2) is 4.83. The molecule has 7 atom stereocenters. The van der Waals surface area contributed by atoms with Gasteiger partial charge in [0.15, 0.2) is 0 Å². The molecule has 0 heterocycles. The Morgan fingerprint density at radius 3 is 2.50 bits per heavy atom. The van der Waals surface area contributed by atoms with Crippen molar-refractivity contribution in [2.24, 2.45) is 41.4 Å². The molecule has 110 valence electrons. The minimum atomic E-state index is -0.504. The first-order valence-corrected chi connectivity index (χ1v) is 10.0. The van der Waals surface area contributed by atoms with Crippen LogP contribution < -0.4 is 0 Å². The number of carbonyl (C=O) groups excluding carboxylic acids is 1. The highest BCUT2D eigenvalue weighted by molar-refractivity contribution is 7.53. The smallest absolute Gasteiger partial charge is 0.311 e. The lowest BCUT2D eigenvalue weighted by Crippen LogP contribution is -2.34. The second-order valence-electron chi connectivity index (χ2n) is 7.13. The minimum absolute atomic E-state index is 0.150. The lowest BCUT2D eigenvalue weighted by atomic mass is 9.69. The summed E-state index contributed by atoms with van der Waals surface area (Å²) < 4.78 is 5.82. The summed E-state index contributed by atoms with van der Waals surface area (Å²) in [6.45, 7) is 4.28. The third-order valence-corrected chi connectivity index (χ3v) is 8.35. The van der Waals surface area contributed by atoms with Crippen LogP contribution >= 0.6 is 8.15 Å². The van der Waals surface area contributed by atoms with Crippen molar-refractivity contribution in [1.82, 2.24) is 0 Å². The number of carbonyl (C=O) groups is 1. The molecule has 0 N–H and O–H groups in total. The third-order valence-electron chi connectivity index (χ3n) is 6.50. The van der Waals surface area contributed by atoms with Crippen molar-refractivity contribution in [3.63, 3.8) is 0 Å². The normalized spacial score (nSPS) is 47.2. The third kappa shape index (κ3) is 1.76. The van der Waals surface area contributed by atoms with Crippen molar-refractivity contribution in [3.05, 3.63) is 12.2 Å². The van der Waals surface area contributed by atoms with E-state index >= 15 is 0 Å². The fourth-order valence-electron chi connectivity index (χ4n) is 5.83. The van der Waals surface area contributed by atoms with E-state index < -0.39 is 8.15 Å². The van der Waals surface area contributed by atoms with Gasteiger partial charge in [-0.25, -0.2) is 0 Å². The van der Waals surface area contributed by atoms with Crippen LogP contribution in [0.2, 0.25) is 0 Å². The van der Waals surface area contributed by atoms with E-state index in [9.17, 15) is 4.79 Å². The molecule has 4 aliphatic carbocycles. The Kier molecular flexibility index (Phi) is 3.22. The summed E-state index contributed by atoms with van der Waals surface area (Å²) in [5, 5.41) is 0. The van der Waals surface area contributed by atoms with E-state index in [4.69, 9.17) is 4.52 Å². The van der Waals surface area contributed by atoms with Gasteiger partial charge in [-0.2, -0.15) is 0 Å². The van der Waals surface area contributed by atoms with E-state index in [1.807, 2.05) is 0 Å². The van der Waals surface area contributed by atoms with E-state index in [1.54, 1.807) is 0 Å². The topological polar surface area (TPSA) is 26.3 Å². The maximum absolute atomic E-state index is 12.5. The molecule has 0 amide bonds. The summed E-state index contributed by atoms with van der Waals surface area (Å²) >= 11 is 0. The first kappa shape index (κ1) is 13.3. The molecular weight excluding hydrogens is 267 g/mol. The Bertz CT molecular complexity index is 442. The van der Waals surface area contributed by atoms with E-state index in [0.717, 1.165) is 48.3 Å². The van der Waals surface area contributed by atoms with Crippen LogP contribution in [-0.2, 0) is 9.32 Å². The van der Waals surface area contributed by atoms with E-state index in [2.05, 4.69) is 26.0 Å². The zero-order valence-corrected chi connectivity index (χ0v) is 13.4. The fraction of sp³-hybridized carbons (Fsp3) is 0.824. The molecule has 2 nitrogen and oxygen atoms in total. The van der Waals surface area contributed by atoms with Gasteiger partial charge in [0.05, 0.1) is 14.1 Å². The number of allylic oxidation sites excluding steroid dienone is 2. The van der Waals surface area contributed by atoms with Gasteiger partial charge in [-0.3, -0.25) is 4.79 Å². The Morgan fingerprint density at radius 2 is 1.80 bits per heavy atom. The van der Waals surface area contributed by atoms with Crippen LogP contribution in [0.25, 0.3) is 0 Å². The summed E-state index contributed by atoms with van der Waals surface area (Å²) in [6, 6.07) is 0. The first-order chi connectivity index (χ1) is 9.72. The summed E-state index contributed by atoms with van der Waals surface area (Å²) in [5.74, 6) is 5.21. The maximum Gasteiger partial charge on any atom is 0.311 e. The highest BCUT2D eigenvalue weighted by Crippen LogP contribution is 2.67. The van der Waals surface area contributed by atoms with Gasteiger partial charge < -0.3 is 4.52 Å². The Hall–Kier alpha value is -0.360. The molecule has 0 aromatic heterocycles. The Morgan fingerprint density at radius 1 is 1.10 bits per heavy atom. The lowest BCUT2D eigenvalue weighted by Gasteiger charge is -2.36. The maximum atomic E-state index is 12.5. The van der Waals surface area contributed by atoms with Gasteiger partial charge in [0, 0.05) is 12.3 Å². The van der Waals surface area contributed by atoms with Gasteiger partial charge in [0.1, 0.15) is 0 Å². The van der Waals surface area contributed by atoms with E-state index in [1.165, 1.54) is 12.8 Å². The van der Waals surface area contributed by atoms with Crippen LogP contribution in [0, 0.1) is 41.4 Å². The molecule has 3 saturated carbocycles. The zero-order valence-electron chi connectivity index (χ0n) is 12.5. The van der Waals surface area contributed by atoms with Gasteiger partial charge in [-0.1, -0.05) is 26.0 Å². The summed E-state index contributed by atoms with van der Waals surface area (Å²) in [4.78, 5) is 12.5. The van der Waals surface area contributed by atoms with Crippen LogP contribution in [0.4, 0.5) is 0 Å². The number of hydrogen-bond donors (Lipinski definition) is 0. The predicted molar refractivity (Wildman–Crippen MR) is 81.5 cm³/mol. The van der Waals surface area contributed by atoms with Crippen molar-refractivity contribution in [3.8, 4) is 0 Å². The van der Waals surface area contributed by atoms with Crippen molar-refractivity contribution in [2.75, 3.05) is 12.3 Å². The molecule has 0 aliphatic heterocycles. The lowest BCUT2D eigenvalue weighted by molar-refractivity contribution is -0.141. The Balaban J connectivity index is 1.48. The molecule has 0 spiro atoms. The number of hydrogen-bond acceptors (Lipinski definition) is 2. The molecule has 0 saturated heterocycles. The Labute approximate surface area is 123 Å². The van der Waals surface area contributed by atoms with Gasteiger partial charge in [-0.05, 0) is 54.8 Å². The molecule has 4 aliphatic rings. The SMILES string of the molecule is CCP(CC)OC(=O)C1CC2CC1C1C3C=CC(C3)C21.